The summed E-state index contributed by atoms with van der Waals surface area (Å²) in [6.07, 6.45) is 1.81. The largest absolute Gasteiger partial charge is 0.379 e. The fraction of sp³-hybridized carbons (Fsp3) is 0.0625. The predicted octanol–water partition coefficient (Wildman–Crippen LogP) is 5.56. The van der Waals surface area contributed by atoms with Crippen molar-refractivity contribution in [1.82, 2.24) is 4.98 Å². The van der Waals surface area contributed by atoms with E-state index < -0.39 is 0 Å². The molecule has 0 unspecified atom stereocenters. The zero-order valence-corrected chi connectivity index (χ0v) is 13.5. The summed E-state index contributed by atoms with van der Waals surface area (Å²) in [5, 5.41) is 3.45. The number of anilines is 1. The molecular weight excluding hydrogens is 320 g/mol. The highest BCUT2D eigenvalue weighted by Crippen LogP contribution is 2.33. The van der Waals surface area contributed by atoms with Gasteiger partial charge in [-0.2, -0.15) is 0 Å². The third kappa shape index (κ3) is 4.00. The number of hydrogen-bond donors (Lipinski definition) is 1. The molecule has 0 fully saturated rings. The lowest BCUT2D eigenvalue weighted by molar-refractivity contribution is 1.15. The minimum Gasteiger partial charge on any atom is -0.379 e. The molecule has 3 aromatic rings. The van der Waals surface area contributed by atoms with Crippen molar-refractivity contribution in [3.05, 3.63) is 70.1 Å². The molecule has 0 atom stereocenters. The van der Waals surface area contributed by atoms with E-state index in [4.69, 9.17) is 11.6 Å². The van der Waals surface area contributed by atoms with Crippen LogP contribution < -0.4 is 5.32 Å². The van der Waals surface area contributed by atoms with Crippen LogP contribution in [-0.4, -0.2) is 4.98 Å². The zero-order chi connectivity index (χ0) is 14.5. The summed E-state index contributed by atoms with van der Waals surface area (Å²) in [4.78, 5) is 7.62. The summed E-state index contributed by atoms with van der Waals surface area (Å²) in [5.41, 5.74) is 1.12. The van der Waals surface area contributed by atoms with Gasteiger partial charge in [-0.25, -0.2) is 4.98 Å². The maximum absolute atomic E-state index is 5.86. The second kappa shape index (κ2) is 6.98. The van der Waals surface area contributed by atoms with Crippen LogP contribution >= 0.6 is 34.7 Å². The number of benzene rings is 2. The first-order valence-electron chi connectivity index (χ1n) is 6.47. The highest BCUT2D eigenvalue weighted by atomic mass is 35.5. The average Bonchev–Trinajstić information content (AvgIpc) is 2.93. The lowest BCUT2D eigenvalue weighted by Crippen LogP contribution is -1.98. The van der Waals surface area contributed by atoms with Crippen LogP contribution in [0.1, 0.15) is 4.88 Å². The fourth-order valence-electron chi connectivity index (χ4n) is 1.86. The summed E-state index contributed by atoms with van der Waals surface area (Å²) in [6.45, 7) is 0.733. The van der Waals surface area contributed by atoms with Crippen LogP contribution in [0.25, 0.3) is 0 Å². The number of nitrogens with zero attached hydrogens (tertiary/aromatic N) is 1. The smallest absolute Gasteiger partial charge is 0.183 e. The number of hydrogen-bond acceptors (Lipinski definition) is 4. The van der Waals surface area contributed by atoms with Gasteiger partial charge in [0.05, 0.1) is 6.54 Å². The first-order chi connectivity index (χ1) is 10.3. The van der Waals surface area contributed by atoms with Gasteiger partial charge in [-0.3, -0.25) is 0 Å². The molecule has 106 valence electrons. The maximum Gasteiger partial charge on any atom is 0.183 e. The first-order valence-corrected chi connectivity index (χ1v) is 8.48. The topological polar surface area (TPSA) is 24.9 Å². The van der Waals surface area contributed by atoms with E-state index in [0.29, 0.717) is 4.47 Å². The quantitative estimate of drug-likeness (QED) is 0.662. The van der Waals surface area contributed by atoms with Crippen LogP contribution in [0.15, 0.2) is 70.6 Å². The van der Waals surface area contributed by atoms with Gasteiger partial charge in [-0.05, 0) is 24.3 Å². The molecule has 1 heterocycles. The van der Waals surface area contributed by atoms with Crippen molar-refractivity contribution in [3.8, 4) is 0 Å². The molecule has 0 amide bonds. The number of para-hydroxylation sites is 1. The minimum atomic E-state index is 0.582. The molecule has 0 spiro atoms. The van der Waals surface area contributed by atoms with Gasteiger partial charge >= 0.3 is 0 Å². The standard InChI is InChI=1S/C16H13ClN2S2/c17-16-19-11-13(21-16)10-18-14-8-4-5-9-15(14)20-12-6-2-1-3-7-12/h1-9,11,18H,10H2. The summed E-state index contributed by atoms with van der Waals surface area (Å²) in [7, 11) is 0. The van der Waals surface area contributed by atoms with E-state index in [1.807, 2.05) is 18.3 Å². The van der Waals surface area contributed by atoms with Gasteiger partial charge in [-0.15, -0.1) is 11.3 Å². The summed E-state index contributed by atoms with van der Waals surface area (Å²) < 4.78 is 0.582. The summed E-state index contributed by atoms with van der Waals surface area (Å²) >= 11 is 9.11. The second-order valence-corrected chi connectivity index (χ2v) is 7.16. The third-order valence-electron chi connectivity index (χ3n) is 2.84. The predicted molar refractivity (Wildman–Crippen MR) is 91.5 cm³/mol. The van der Waals surface area contributed by atoms with Crippen molar-refractivity contribution in [1.29, 1.82) is 0 Å². The molecule has 2 nitrogen and oxygen atoms in total. The van der Waals surface area contributed by atoms with Crippen LogP contribution in [0, 0.1) is 0 Å². The van der Waals surface area contributed by atoms with E-state index in [1.54, 1.807) is 11.8 Å². The average molecular weight is 333 g/mol. The molecule has 0 saturated carbocycles. The highest BCUT2D eigenvalue weighted by molar-refractivity contribution is 7.99. The van der Waals surface area contributed by atoms with Gasteiger partial charge in [0.1, 0.15) is 0 Å². The van der Waals surface area contributed by atoms with Crippen molar-refractivity contribution in [3.63, 3.8) is 0 Å². The van der Waals surface area contributed by atoms with Crippen LogP contribution in [-0.2, 0) is 6.54 Å². The van der Waals surface area contributed by atoms with E-state index >= 15 is 0 Å². The van der Waals surface area contributed by atoms with Crippen molar-refractivity contribution >= 4 is 40.4 Å². The SMILES string of the molecule is Clc1ncc(CNc2ccccc2Sc2ccccc2)s1. The molecule has 0 aliphatic carbocycles. The van der Waals surface area contributed by atoms with E-state index in [2.05, 4.69) is 52.8 Å². The Morgan fingerprint density at radius 1 is 1.05 bits per heavy atom. The molecule has 0 aliphatic heterocycles. The Morgan fingerprint density at radius 3 is 2.57 bits per heavy atom. The van der Waals surface area contributed by atoms with Crippen LogP contribution in [0.4, 0.5) is 5.69 Å². The number of rotatable bonds is 5. The van der Waals surface area contributed by atoms with Gasteiger partial charge in [0.25, 0.3) is 0 Å². The molecule has 3 rings (SSSR count). The van der Waals surface area contributed by atoms with Crippen LogP contribution in [0.2, 0.25) is 4.47 Å². The number of thiazole rings is 1. The van der Waals surface area contributed by atoms with E-state index in [-0.39, 0.29) is 0 Å². The van der Waals surface area contributed by atoms with Crippen molar-refractivity contribution in [2.75, 3.05) is 5.32 Å². The first kappa shape index (κ1) is 14.4. The van der Waals surface area contributed by atoms with E-state index in [9.17, 15) is 0 Å². The number of aromatic nitrogens is 1. The molecule has 0 radical (unpaired) electrons. The molecule has 1 aromatic heterocycles. The van der Waals surface area contributed by atoms with Crippen molar-refractivity contribution < 1.29 is 0 Å². The Morgan fingerprint density at radius 2 is 1.81 bits per heavy atom. The van der Waals surface area contributed by atoms with E-state index in [0.717, 1.165) is 17.1 Å². The van der Waals surface area contributed by atoms with Gasteiger partial charge < -0.3 is 5.32 Å². The molecule has 21 heavy (non-hydrogen) atoms. The Bertz CT molecular complexity index is 713. The van der Waals surface area contributed by atoms with Crippen molar-refractivity contribution in [2.24, 2.45) is 0 Å². The monoisotopic (exact) mass is 332 g/mol. The molecule has 0 aliphatic rings. The second-order valence-electron chi connectivity index (χ2n) is 4.34. The number of halogens is 1. The van der Waals surface area contributed by atoms with Gasteiger partial charge in [0.2, 0.25) is 0 Å². The third-order valence-corrected chi connectivity index (χ3v) is 5.04. The van der Waals surface area contributed by atoms with E-state index in [1.165, 1.54) is 21.1 Å². The zero-order valence-electron chi connectivity index (χ0n) is 11.1. The maximum atomic E-state index is 5.86. The van der Waals surface area contributed by atoms with Crippen LogP contribution in [0.3, 0.4) is 0 Å². The fourth-order valence-corrected chi connectivity index (χ4v) is 3.73. The minimum absolute atomic E-state index is 0.582. The highest BCUT2D eigenvalue weighted by Gasteiger charge is 2.05. The Balaban J connectivity index is 1.73. The Labute approximate surface area is 137 Å². The lowest BCUT2D eigenvalue weighted by atomic mass is 10.3. The summed E-state index contributed by atoms with van der Waals surface area (Å²) in [6, 6.07) is 18.7. The Kier molecular flexibility index (Phi) is 4.80. The molecule has 0 bridgehead atoms. The normalized spacial score (nSPS) is 10.5. The van der Waals surface area contributed by atoms with Gasteiger partial charge in [0, 0.05) is 26.6 Å². The van der Waals surface area contributed by atoms with Crippen molar-refractivity contribution in [2.45, 2.75) is 16.3 Å². The molecule has 1 N–H and O–H groups in total. The lowest BCUT2D eigenvalue weighted by Gasteiger charge is -2.10. The van der Waals surface area contributed by atoms with Gasteiger partial charge in [0.15, 0.2) is 4.47 Å². The number of nitrogens with one attached hydrogen (secondary N) is 1. The molecule has 2 aromatic carbocycles. The van der Waals surface area contributed by atoms with Gasteiger partial charge in [-0.1, -0.05) is 53.7 Å². The molecule has 0 saturated heterocycles. The Hall–Kier alpha value is -1.49. The molecule has 5 heteroatoms. The summed E-state index contributed by atoms with van der Waals surface area (Å²) in [5.74, 6) is 0. The molecular formula is C16H13ClN2S2. The van der Waals surface area contributed by atoms with Crippen LogP contribution in [0.5, 0.6) is 0 Å².